The standard InChI is InChI=1S/C29H30N6O3/c36-29-26(27(32-15-19-37-20-16-32)30-23-9-3-1-4-10-23)28(31-25-13-7-8-14-34(25)29)35(24-11-5-2-6-12-24)33-17-21-38-22-18-33/h1-14H,15-22H2. The van der Waals surface area contributed by atoms with Gasteiger partial charge in [-0.15, -0.1) is 0 Å². The van der Waals surface area contributed by atoms with Gasteiger partial charge in [0.25, 0.3) is 5.56 Å². The zero-order valence-corrected chi connectivity index (χ0v) is 21.1. The van der Waals surface area contributed by atoms with Crippen LogP contribution in [0.2, 0.25) is 0 Å². The van der Waals surface area contributed by atoms with E-state index in [1.807, 2.05) is 78.9 Å². The van der Waals surface area contributed by atoms with Crippen LogP contribution in [0.4, 0.5) is 17.2 Å². The van der Waals surface area contributed by atoms with E-state index < -0.39 is 0 Å². The minimum absolute atomic E-state index is 0.166. The molecule has 38 heavy (non-hydrogen) atoms. The highest BCUT2D eigenvalue weighted by Crippen LogP contribution is 2.30. The van der Waals surface area contributed by atoms with Crippen LogP contribution in [-0.4, -0.2) is 77.7 Å². The molecule has 4 heterocycles. The summed E-state index contributed by atoms with van der Waals surface area (Å²) in [6, 6.07) is 25.4. The molecule has 2 aliphatic rings. The molecule has 0 saturated carbocycles. The molecule has 9 heteroatoms. The Bertz CT molecular complexity index is 1460. The number of ether oxygens (including phenoxy) is 2. The summed E-state index contributed by atoms with van der Waals surface area (Å²) in [6.45, 7) is 4.93. The number of amidine groups is 1. The number of hydrogen-bond acceptors (Lipinski definition) is 7. The fraction of sp³-hybridized carbons (Fsp3) is 0.276. The summed E-state index contributed by atoms with van der Waals surface area (Å²) in [5.74, 6) is 1.15. The third-order valence-corrected chi connectivity index (χ3v) is 6.71. The van der Waals surface area contributed by atoms with E-state index in [0.29, 0.717) is 75.5 Å². The van der Waals surface area contributed by atoms with Gasteiger partial charge < -0.3 is 14.4 Å². The number of rotatable bonds is 5. The number of benzene rings is 2. The van der Waals surface area contributed by atoms with Gasteiger partial charge in [0, 0.05) is 32.4 Å². The maximum Gasteiger partial charge on any atom is 0.271 e. The molecule has 4 aromatic rings. The van der Waals surface area contributed by atoms with Gasteiger partial charge in [0.05, 0.1) is 37.8 Å². The molecule has 0 N–H and O–H groups in total. The summed E-state index contributed by atoms with van der Waals surface area (Å²) < 4.78 is 12.9. The molecule has 0 spiro atoms. The summed E-state index contributed by atoms with van der Waals surface area (Å²) in [5.41, 5.74) is 2.56. The molecule has 2 saturated heterocycles. The second-order valence-electron chi connectivity index (χ2n) is 9.13. The summed E-state index contributed by atoms with van der Waals surface area (Å²) >= 11 is 0. The monoisotopic (exact) mass is 510 g/mol. The number of aromatic nitrogens is 2. The number of nitrogens with zero attached hydrogens (tertiary/aromatic N) is 6. The fourth-order valence-corrected chi connectivity index (χ4v) is 4.85. The Morgan fingerprint density at radius 1 is 0.789 bits per heavy atom. The highest BCUT2D eigenvalue weighted by atomic mass is 16.5. The fourth-order valence-electron chi connectivity index (χ4n) is 4.85. The van der Waals surface area contributed by atoms with Crippen molar-refractivity contribution in [2.75, 3.05) is 57.6 Å². The van der Waals surface area contributed by atoms with Crippen LogP contribution in [0.25, 0.3) is 5.65 Å². The average Bonchev–Trinajstić information content (AvgIpc) is 2.99. The quantitative estimate of drug-likeness (QED) is 0.301. The van der Waals surface area contributed by atoms with Gasteiger partial charge in [-0.1, -0.05) is 42.5 Å². The Balaban J connectivity index is 1.64. The van der Waals surface area contributed by atoms with Crippen molar-refractivity contribution in [3.05, 3.63) is 101 Å². The normalized spacial score (nSPS) is 17.1. The van der Waals surface area contributed by atoms with Crippen molar-refractivity contribution in [3.63, 3.8) is 0 Å². The maximum absolute atomic E-state index is 14.4. The predicted molar refractivity (Wildman–Crippen MR) is 147 cm³/mol. The van der Waals surface area contributed by atoms with Crippen molar-refractivity contribution in [1.29, 1.82) is 0 Å². The van der Waals surface area contributed by atoms with Gasteiger partial charge in [-0.05, 0) is 36.4 Å². The lowest BCUT2D eigenvalue weighted by atomic mass is 10.2. The van der Waals surface area contributed by atoms with Crippen molar-refractivity contribution < 1.29 is 9.47 Å². The molecule has 0 unspecified atom stereocenters. The minimum atomic E-state index is -0.166. The lowest BCUT2D eigenvalue weighted by molar-refractivity contribution is 0.0374. The Morgan fingerprint density at radius 2 is 1.42 bits per heavy atom. The van der Waals surface area contributed by atoms with E-state index in [4.69, 9.17) is 19.5 Å². The van der Waals surface area contributed by atoms with Gasteiger partial charge in [0.1, 0.15) is 17.0 Å². The zero-order chi connectivity index (χ0) is 25.7. The Kier molecular flexibility index (Phi) is 7.12. The number of fused-ring (bicyclic) bond motifs is 1. The summed E-state index contributed by atoms with van der Waals surface area (Å²) in [7, 11) is 0. The summed E-state index contributed by atoms with van der Waals surface area (Å²) in [5, 5.41) is 4.26. The molecule has 0 aliphatic carbocycles. The smallest absolute Gasteiger partial charge is 0.271 e. The van der Waals surface area contributed by atoms with Crippen LogP contribution in [0.15, 0.2) is 94.8 Å². The lowest BCUT2D eigenvalue weighted by Gasteiger charge is -2.39. The van der Waals surface area contributed by atoms with E-state index in [0.717, 1.165) is 11.4 Å². The molecule has 2 aromatic heterocycles. The maximum atomic E-state index is 14.4. The molecule has 194 valence electrons. The predicted octanol–water partition coefficient (Wildman–Crippen LogP) is 3.49. The number of pyridine rings is 1. The third-order valence-electron chi connectivity index (χ3n) is 6.71. The molecular weight excluding hydrogens is 480 g/mol. The van der Waals surface area contributed by atoms with Crippen LogP contribution in [0.5, 0.6) is 0 Å². The second kappa shape index (κ2) is 11.1. The molecular formula is C29H30N6O3. The van der Waals surface area contributed by atoms with E-state index >= 15 is 0 Å². The van der Waals surface area contributed by atoms with E-state index in [1.165, 1.54) is 0 Å². The van der Waals surface area contributed by atoms with Crippen LogP contribution in [-0.2, 0) is 9.47 Å². The van der Waals surface area contributed by atoms with Gasteiger partial charge in [-0.25, -0.2) is 15.0 Å². The number of anilines is 2. The molecule has 0 amide bonds. The number of aliphatic imine (C=N–C) groups is 1. The summed E-state index contributed by atoms with van der Waals surface area (Å²) in [4.78, 5) is 26.7. The average molecular weight is 511 g/mol. The molecule has 0 radical (unpaired) electrons. The Morgan fingerprint density at radius 3 is 2.13 bits per heavy atom. The summed E-state index contributed by atoms with van der Waals surface area (Å²) in [6.07, 6.45) is 1.76. The topological polar surface area (TPSA) is 74.9 Å². The van der Waals surface area contributed by atoms with Crippen molar-refractivity contribution in [2.24, 2.45) is 4.99 Å². The SMILES string of the molecule is O=c1c(C(=Nc2ccccc2)N2CCOCC2)c(N(c2ccccc2)N2CCOCC2)nc2ccccn12. The van der Waals surface area contributed by atoms with Gasteiger partial charge >= 0.3 is 0 Å². The van der Waals surface area contributed by atoms with E-state index in [2.05, 4.69) is 14.9 Å². The molecule has 2 aliphatic heterocycles. The van der Waals surface area contributed by atoms with Gasteiger partial charge in [0.15, 0.2) is 5.82 Å². The molecule has 0 bridgehead atoms. The van der Waals surface area contributed by atoms with Gasteiger partial charge in [-0.3, -0.25) is 14.2 Å². The van der Waals surface area contributed by atoms with Crippen molar-refractivity contribution >= 4 is 28.7 Å². The van der Waals surface area contributed by atoms with Gasteiger partial charge in [-0.2, -0.15) is 0 Å². The zero-order valence-electron chi connectivity index (χ0n) is 21.1. The number of morpholine rings is 2. The third kappa shape index (κ3) is 4.91. The number of hydrogen-bond donors (Lipinski definition) is 0. The van der Waals surface area contributed by atoms with Crippen LogP contribution in [0, 0.1) is 0 Å². The first-order chi connectivity index (χ1) is 18.8. The minimum Gasteiger partial charge on any atom is -0.379 e. The number of hydrazine groups is 1. The first-order valence-corrected chi connectivity index (χ1v) is 13.0. The Labute approximate surface area is 221 Å². The van der Waals surface area contributed by atoms with E-state index in [-0.39, 0.29) is 5.56 Å². The van der Waals surface area contributed by atoms with E-state index in [9.17, 15) is 4.79 Å². The molecule has 2 aromatic carbocycles. The van der Waals surface area contributed by atoms with Crippen LogP contribution < -0.4 is 10.6 Å². The van der Waals surface area contributed by atoms with Gasteiger partial charge in [0.2, 0.25) is 0 Å². The van der Waals surface area contributed by atoms with Crippen molar-refractivity contribution in [2.45, 2.75) is 0 Å². The lowest BCUT2D eigenvalue weighted by Crippen LogP contribution is -2.49. The second-order valence-corrected chi connectivity index (χ2v) is 9.13. The first-order valence-electron chi connectivity index (χ1n) is 13.0. The van der Waals surface area contributed by atoms with Crippen LogP contribution in [0.3, 0.4) is 0 Å². The molecule has 0 atom stereocenters. The van der Waals surface area contributed by atoms with Crippen molar-refractivity contribution in [1.82, 2.24) is 19.3 Å². The van der Waals surface area contributed by atoms with Crippen molar-refractivity contribution in [3.8, 4) is 0 Å². The van der Waals surface area contributed by atoms with E-state index in [1.54, 1.807) is 10.6 Å². The first kappa shape index (κ1) is 24.3. The van der Waals surface area contributed by atoms with Crippen LogP contribution >= 0.6 is 0 Å². The molecule has 2 fully saturated rings. The largest absolute Gasteiger partial charge is 0.379 e. The highest BCUT2D eigenvalue weighted by molar-refractivity contribution is 6.04. The van der Waals surface area contributed by atoms with Crippen LogP contribution in [0.1, 0.15) is 5.56 Å². The Hall–Kier alpha value is -4.05. The molecule has 6 rings (SSSR count). The highest BCUT2D eigenvalue weighted by Gasteiger charge is 2.31. The molecule has 9 nitrogen and oxygen atoms in total. The number of para-hydroxylation sites is 2.